The van der Waals surface area contributed by atoms with Gasteiger partial charge in [0.25, 0.3) is 5.56 Å². The monoisotopic (exact) mass is 674 g/mol. The second-order valence-corrected chi connectivity index (χ2v) is 12.7. The highest BCUT2D eigenvalue weighted by atomic mass is 35.5. The van der Waals surface area contributed by atoms with Crippen molar-refractivity contribution in [2.24, 2.45) is 4.99 Å². The summed E-state index contributed by atoms with van der Waals surface area (Å²) in [5, 5.41) is 0.660. The van der Waals surface area contributed by atoms with E-state index < -0.39 is 12.0 Å². The third-order valence-corrected chi connectivity index (χ3v) is 9.34. The van der Waals surface area contributed by atoms with Crippen LogP contribution in [0.3, 0.4) is 0 Å². The fourth-order valence-corrected chi connectivity index (χ4v) is 6.86. The van der Waals surface area contributed by atoms with Crippen LogP contribution in [0.4, 0.5) is 0 Å². The molecule has 10 heteroatoms. The van der Waals surface area contributed by atoms with Gasteiger partial charge in [0.2, 0.25) is 0 Å². The predicted molar refractivity (Wildman–Crippen MR) is 186 cm³/mol. The highest BCUT2D eigenvalue weighted by Crippen LogP contribution is 2.35. The Hall–Kier alpha value is -4.05. The molecule has 0 spiro atoms. The zero-order valence-corrected chi connectivity index (χ0v) is 28.6. The van der Waals surface area contributed by atoms with Gasteiger partial charge in [-0.1, -0.05) is 53.3 Å². The Morgan fingerprint density at radius 1 is 1.09 bits per heavy atom. The molecule has 2 heterocycles. The summed E-state index contributed by atoms with van der Waals surface area (Å²) >= 11 is 8.96. The summed E-state index contributed by atoms with van der Waals surface area (Å²) < 4.78 is 19.8. The number of hydrogen-bond acceptors (Lipinski definition) is 8. The van der Waals surface area contributed by atoms with E-state index in [9.17, 15) is 9.59 Å². The van der Waals surface area contributed by atoms with E-state index in [1.54, 1.807) is 36.3 Å². The number of carbonyl (C=O) groups excluding carboxylic acids is 1. The Balaban J connectivity index is 1.61. The summed E-state index contributed by atoms with van der Waals surface area (Å²) in [5.74, 6) is 0.710. The average Bonchev–Trinajstić information content (AvgIpc) is 3.34. The number of halogens is 1. The molecule has 46 heavy (non-hydrogen) atoms. The van der Waals surface area contributed by atoms with Crippen molar-refractivity contribution in [1.29, 1.82) is 0 Å². The molecule has 0 saturated heterocycles. The van der Waals surface area contributed by atoms with Crippen molar-refractivity contribution in [3.05, 3.63) is 132 Å². The summed E-state index contributed by atoms with van der Waals surface area (Å²) in [5.41, 5.74) is 4.05. The van der Waals surface area contributed by atoms with Crippen molar-refractivity contribution in [2.45, 2.75) is 44.7 Å². The Kier molecular flexibility index (Phi) is 10.9. The Morgan fingerprint density at radius 2 is 1.83 bits per heavy atom. The number of nitrogens with zero attached hydrogens (tertiary/aromatic N) is 2. The molecule has 0 unspecified atom stereocenters. The maximum Gasteiger partial charge on any atom is 0.338 e. The maximum atomic E-state index is 14.2. The van der Waals surface area contributed by atoms with Crippen LogP contribution in [0.2, 0.25) is 5.02 Å². The number of benzene rings is 3. The molecule has 0 amide bonds. The van der Waals surface area contributed by atoms with Crippen LogP contribution in [0.5, 0.6) is 11.5 Å². The Bertz CT molecular complexity index is 1960. The second kappa shape index (κ2) is 15.0. The van der Waals surface area contributed by atoms with Crippen LogP contribution in [0.25, 0.3) is 6.08 Å². The van der Waals surface area contributed by atoms with Crippen molar-refractivity contribution >= 4 is 46.7 Å². The lowest BCUT2D eigenvalue weighted by Crippen LogP contribution is -2.39. The van der Waals surface area contributed by atoms with Crippen LogP contribution in [-0.2, 0) is 22.6 Å². The number of allylic oxidation sites excluding steroid dienone is 2. The summed E-state index contributed by atoms with van der Waals surface area (Å²) in [6.45, 7) is 10.4. The Labute approximate surface area is 281 Å². The molecule has 0 radical (unpaired) electrons. The number of carbonyl (C=O) groups is 1. The minimum absolute atomic E-state index is 0.215. The van der Waals surface area contributed by atoms with Crippen LogP contribution in [0, 0.1) is 0 Å². The lowest BCUT2D eigenvalue weighted by Gasteiger charge is -2.24. The number of ether oxygens (including phenoxy) is 3. The largest absolute Gasteiger partial charge is 0.490 e. The maximum absolute atomic E-state index is 14.2. The topological polar surface area (TPSA) is 79.1 Å². The standard InChI is InChI=1S/C36H35ClN2O5S2/c1-6-9-26-18-24(19-29(42-7-2)33(26)44-21-23-10-14-27(37)15-11-23)20-30-34(40)39-32(25-12-16-28(45-5)17-13-25)31(35(41)43-8-3)22(4)38-36(39)46-30/h6,10-20,32H,1,7-9,21H2,2-5H3/b30-20+/t32-/m1/s1. The fourth-order valence-electron chi connectivity index (χ4n) is 5.28. The lowest BCUT2D eigenvalue weighted by molar-refractivity contribution is -0.139. The molecule has 1 aliphatic heterocycles. The smallest absolute Gasteiger partial charge is 0.338 e. The van der Waals surface area contributed by atoms with Crippen molar-refractivity contribution in [1.82, 2.24) is 4.57 Å². The minimum Gasteiger partial charge on any atom is -0.490 e. The number of esters is 1. The molecule has 3 aromatic carbocycles. The number of thioether (sulfide) groups is 1. The van der Waals surface area contributed by atoms with Gasteiger partial charge < -0.3 is 14.2 Å². The van der Waals surface area contributed by atoms with E-state index in [-0.39, 0.29) is 12.2 Å². The first-order valence-corrected chi connectivity index (χ1v) is 17.3. The molecular formula is C36H35ClN2O5S2. The van der Waals surface area contributed by atoms with Gasteiger partial charge >= 0.3 is 5.97 Å². The summed E-state index contributed by atoms with van der Waals surface area (Å²) in [6.07, 6.45) is 6.17. The molecule has 238 valence electrons. The van der Waals surface area contributed by atoms with Gasteiger partial charge in [0.1, 0.15) is 6.61 Å². The number of rotatable bonds is 12. The third-order valence-electron chi connectivity index (χ3n) is 7.36. The van der Waals surface area contributed by atoms with E-state index in [0.29, 0.717) is 56.8 Å². The second-order valence-electron chi connectivity index (χ2n) is 10.4. The predicted octanol–water partition coefficient (Wildman–Crippen LogP) is 6.88. The first kappa shape index (κ1) is 33.3. The SMILES string of the molecule is C=CCc1cc(/C=c2/sc3n(c2=O)[C@H](c2ccc(SC)cc2)C(C(=O)OCC)=C(C)N=3)cc(OCC)c1OCc1ccc(Cl)cc1. The van der Waals surface area contributed by atoms with Gasteiger partial charge in [-0.25, -0.2) is 9.79 Å². The zero-order chi connectivity index (χ0) is 32.8. The molecule has 5 rings (SSSR count). The van der Waals surface area contributed by atoms with E-state index in [2.05, 4.69) is 6.58 Å². The molecule has 7 nitrogen and oxygen atoms in total. The van der Waals surface area contributed by atoms with Gasteiger partial charge in [-0.2, -0.15) is 0 Å². The van der Waals surface area contributed by atoms with Gasteiger partial charge in [-0.05, 0) is 92.6 Å². The first-order chi connectivity index (χ1) is 22.3. The highest BCUT2D eigenvalue weighted by molar-refractivity contribution is 7.98. The quantitative estimate of drug-likeness (QED) is 0.0927. The number of thiazole rings is 1. The van der Waals surface area contributed by atoms with Crippen molar-refractivity contribution < 1.29 is 19.0 Å². The molecule has 0 N–H and O–H groups in total. The number of hydrogen-bond donors (Lipinski definition) is 0. The third kappa shape index (κ3) is 7.17. The van der Waals surface area contributed by atoms with Crippen molar-refractivity contribution in [3.8, 4) is 11.5 Å². The summed E-state index contributed by atoms with van der Waals surface area (Å²) in [4.78, 5) is 33.7. The average molecular weight is 675 g/mol. The zero-order valence-electron chi connectivity index (χ0n) is 26.2. The van der Waals surface area contributed by atoms with Crippen molar-refractivity contribution in [2.75, 3.05) is 19.5 Å². The molecule has 1 atom stereocenters. The van der Waals surface area contributed by atoms with E-state index >= 15 is 0 Å². The van der Waals surface area contributed by atoms with Gasteiger partial charge in [0, 0.05) is 15.5 Å². The molecule has 4 aromatic rings. The van der Waals surface area contributed by atoms with E-state index in [0.717, 1.165) is 27.1 Å². The molecule has 0 aliphatic carbocycles. The Morgan fingerprint density at radius 3 is 2.48 bits per heavy atom. The van der Waals surface area contributed by atoms with E-state index in [1.165, 1.54) is 11.3 Å². The highest BCUT2D eigenvalue weighted by Gasteiger charge is 2.33. The lowest BCUT2D eigenvalue weighted by atomic mass is 9.96. The van der Waals surface area contributed by atoms with Crippen molar-refractivity contribution in [3.63, 3.8) is 0 Å². The van der Waals surface area contributed by atoms with Crippen LogP contribution in [-0.4, -0.2) is 30.0 Å². The molecular weight excluding hydrogens is 640 g/mol. The molecule has 0 bridgehead atoms. The number of fused-ring (bicyclic) bond motifs is 1. The number of aromatic nitrogens is 1. The fraction of sp³-hybridized carbons (Fsp3) is 0.250. The minimum atomic E-state index is -0.674. The molecule has 0 fully saturated rings. The molecule has 1 aliphatic rings. The molecule has 1 aromatic heterocycles. The summed E-state index contributed by atoms with van der Waals surface area (Å²) in [7, 11) is 0. The summed E-state index contributed by atoms with van der Waals surface area (Å²) in [6, 6.07) is 18.5. The van der Waals surface area contributed by atoms with Gasteiger partial charge in [-0.15, -0.1) is 18.3 Å². The van der Waals surface area contributed by atoms with Crippen LogP contribution in [0.15, 0.2) is 99.3 Å². The van der Waals surface area contributed by atoms with Gasteiger partial charge in [0.15, 0.2) is 16.3 Å². The van der Waals surface area contributed by atoms with Crippen LogP contribution < -0.4 is 24.4 Å². The molecule has 0 saturated carbocycles. The van der Waals surface area contributed by atoms with Gasteiger partial charge in [-0.3, -0.25) is 9.36 Å². The van der Waals surface area contributed by atoms with E-state index in [4.69, 9.17) is 30.8 Å². The van der Waals surface area contributed by atoms with Crippen LogP contribution >= 0.6 is 34.7 Å². The normalized spacial score (nSPS) is 14.5. The van der Waals surface area contributed by atoms with Gasteiger partial charge in [0.05, 0.1) is 35.1 Å². The van der Waals surface area contributed by atoms with E-state index in [1.807, 2.05) is 79.9 Å². The first-order valence-electron chi connectivity index (χ1n) is 14.9. The van der Waals surface area contributed by atoms with Crippen LogP contribution in [0.1, 0.15) is 49.1 Å².